The van der Waals surface area contributed by atoms with Crippen LogP contribution in [0.25, 0.3) is 0 Å². The average molecular weight is 348 g/mol. The lowest BCUT2D eigenvalue weighted by atomic mass is 10.1. The lowest BCUT2D eigenvalue weighted by molar-refractivity contribution is -0.127. The molecule has 0 saturated heterocycles. The second-order valence-corrected chi connectivity index (χ2v) is 5.87. The van der Waals surface area contributed by atoms with Gasteiger partial charge in [0, 0.05) is 18.8 Å². The highest BCUT2D eigenvalue weighted by atomic mass is 19.4. The molecule has 1 aromatic rings. The summed E-state index contributed by atoms with van der Waals surface area (Å²) < 4.78 is 42.8. The summed E-state index contributed by atoms with van der Waals surface area (Å²) in [6, 6.07) is 5.01. The fourth-order valence-electron chi connectivity index (χ4n) is 1.89. The number of amides is 2. The maximum absolute atomic E-state index is 12.5. The van der Waals surface area contributed by atoms with E-state index < -0.39 is 24.7 Å². The van der Waals surface area contributed by atoms with Gasteiger partial charge in [-0.15, -0.1) is 0 Å². The first-order valence-electron chi connectivity index (χ1n) is 7.62. The van der Waals surface area contributed by atoms with Crippen LogP contribution >= 0.6 is 0 Å². The molecule has 5 nitrogen and oxygen atoms in total. The molecule has 0 aliphatic heterocycles. The Morgan fingerprint density at radius 2 is 1.92 bits per heavy atom. The van der Waals surface area contributed by atoms with Crippen LogP contribution in [0.5, 0.6) is 0 Å². The topological polar surface area (TPSA) is 70.6 Å². The van der Waals surface area contributed by atoms with Crippen LogP contribution < -0.4 is 10.6 Å². The molecule has 0 heterocycles. The summed E-state index contributed by atoms with van der Waals surface area (Å²) in [6.45, 7) is 4.44. The molecule has 136 valence electrons. The number of aliphatic hydroxyl groups excluding tert-OH is 1. The maximum Gasteiger partial charge on any atom is 0.393 e. The van der Waals surface area contributed by atoms with E-state index in [-0.39, 0.29) is 24.4 Å². The number of aliphatic hydroxyl groups is 1. The number of carbonyl (C=O) groups is 1. The van der Waals surface area contributed by atoms with Crippen LogP contribution in [0.2, 0.25) is 0 Å². The number of halogens is 3. The Bertz CT molecular complexity index is 522. The van der Waals surface area contributed by atoms with E-state index in [2.05, 4.69) is 10.6 Å². The van der Waals surface area contributed by atoms with Crippen molar-refractivity contribution in [2.45, 2.75) is 32.5 Å². The molecule has 0 aliphatic carbocycles. The molecule has 1 atom stereocenters. The Balaban J connectivity index is 2.45. The van der Waals surface area contributed by atoms with Gasteiger partial charge in [0.05, 0.1) is 19.1 Å². The number of benzene rings is 1. The number of alkyl halides is 3. The van der Waals surface area contributed by atoms with Crippen molar-refractivity contribution in [3.05, 3.63) is 29.8 Å². The van der Waals surface area contributed by atoms with Gasteiger partial charge in [-0.3, -0.25) is 0 Å². The highest BCUT2D eigenvalue weighted by Gasteiger charge is 2.29. The molecule has 8 heteroatoms. The molecule has 0 saturated carbocycles. The zero-order valence-corrected chi connectivity index (χ0v) is 13.7. The third-order valence-corrected chi connectivity index (χ3v) is 2.92. The molecule has 1 unspecified atom stereocenters. The third kappa shape index (κ3) is 8.73. The second kappa shape index (κ2) is 9.48. The smallest absolute Gasteiger partial charge is 0.389 e. The van der Waals surface area contributed by atoms with Crippen LogP contribution in [-0.4, -0.2) is 43.2 Å². The van der Waals surface area contributed by atoms with Gasteiger partial charge in [0.15, 0.2) is 0 Å². The standard InChI is InChI=1S/C16H23F3N2O3/c1-11(2)9-24-10-13(22)8-20-15(23)21-14-6-4-3-5-12(14)7-16(17,18)19/h3-6,11,13,22H,7-10H2,1-2H3,(H2,20,21,23). The van der Waals surface area contributed by atoms with Gasteiger partial charge in [0.1, 0.15) is 0 Å². The quantitative estimate of drug-likeness (QED) is 0.676. The zero-order valence-electron chi connectivity index (χ0n) is 13.7. The molecule has 0 bridgehead atoms. The minimum atomic E-state index is -4.36. The summed E-state index contributed by atoms with van der Waals surface area (Å²) in [6.07, 6.45) is -6.38. The minimum Gasteiger partial charge on any atom is -0.389 e. The maximum atomic E-state index is 12.5. The van der Waals surface area contributed by atoms with Crippen molar-refractivity contribution in [1.29, 1.82) is 0 Å². The van der Waals surface area contributed by atoms with Gasteiger partial charge >= 0.3 is 12.2 Å². The lowest BCUT2D eigenvalue weighted by Gasteiger charge is -2.15. The van der Waals surface area contributed by atoms with Gasteiger partial charge in [-0.1, -0.05) is 32.0 Å². The van der Waals surface area contributed by atoms with E-state index in [9.17, 15) is 23.1 Å². The first kappa shape index (κ1) is 20.2. The van der Waals surface area contributed by atoms with Crippen molar-refractivity contribution in [3.63, 3.8) is 0 Å². The van der Waals surface area contributed by atoms with E-state index in [1.54, 1.807) is 0 Å². The molecule has 0 fully saturated rings. The number of rotatable bonds is 8. The van der Waals surface area contributed by atoms with Gasteiger partial charge in [-0.2, -0.15) is 13.2 Å². The molecule has 24 heavy (non-hydrogen) atoms. The first-order valence-corrected chi connectivity index (χ1v) is 7.62. The highest BCUT2D eigenvalue weighted by molar-refractivity contribution is 5.90. The lowest BCUT2D eigenvalue weighted by Crippen LogP contribution is -2.37. The molecule has 0 spiro atoms. The number of nitrogens with one attached hydrogen (secondary N) is 2. The molecular formula is C16H23F3N2O3. The van der Waals surface area contributed by atoms with E-state index in [4.69, 9.17) is 4.74 Å². The summed E-state index contributed by atoms with van der Waals surface area (Å²) in [5.41, 5.74) is 0.0545. The number of urea groups is 1. The SMILES string of the molecule is CC(C)COCC(O)CNC(=O)Nc1ccccc1CC(F)(F)F. The third-order valence-electron chi connectivity index (χ3n) is 2.92. The number of para-hydroxylation sites is 1. The largest absolute Gasteiger partial charge is 0.393 e. The van der Waals surface area contributed by atoms with Gasteiger partial charge in [0.2, 0.25) is 0 Å². The molecule has 0 aromatic heterocycles. The summed E-state index contributed by atoms with van der Waals surface area (Å²) in [5, 5.41) is 14.4. The zero-order chi connectivity index (χ0) is 18.2. The van der Waals surface area contributed by atoms with Crippen LogP contribution in [0.15, 0.2) is 24.3 Å². The summed E-state index contributed by atoms with van der Waals surface area (Å²) >= 11 is 0. The van der Waals surface area contributed by atoms with E-state index in [0.717, 1.165) is 0 Å². The number of ether oxygens (including phenoxy) is 1. The van der Waals surface area contributed by atoms with Crippen LogP contribution in [0, 0.1) is 5.92 Å². The van der Waals surface area contributed by atoms with Crippen LogP contribution in [0.4, 0.5) is 23.7 Å². The Kier molecular flexibility index (Phi) is 8.00. The van der Waals surface area contributed by atoms with Crippen molar-refractivity contribution >= 4 is 11.7 Å². The monoisotopic (exact) mass is 348 g/mol. The highest BCUT2D eigenvalue weighted by Crippen LogP contribution is 2.25. The molecule has 0 radical (unpaired) electrons. The summed E-state index contributed by atoms with van der Waals surface area (Å²) in [7, 11) is 0. The van der Waals surface area contributed by atoms with Gasteiger partial charge in [-0.25, -0.2) is 4.79 Å². The average Bonchev–Trinajstić information content (AvgIpc) is 2.45. The minimum absolute atomic E-state index is 0.0269. The number of hydrogen-bond donors (Lipinski definition) is 3. The van der Waals surface area contributed by atoms with Crippen LogP contribution in [0.3, 0.4) is 0 Å². The van der Waals surface area contributed by atoms with E-state index in [1.807, 2.05) is 13.8 Å². The van der Waals surface area contributed by atoms with Gasteiger partial charge in [-0.05, 0) is 17.5 Å². The van der Waals surface area contributed by atoms with Crippen LogP contribution in [0.1, 0.15) is 19.4 Å². The Labute approximate surface area is 139 Å². The second-order valence-electron chi connectivity index (χ2n) is 5.87. The predicted octanol–water partition coefficient (Wildman–Crippen LogP) is 2.95. The molecular weight excluding hydrogens is 325 g/mol. The van der Waals surface area contributed by atoms with Crippen molar-refractivity contribution in [2.24, 2.45) is 5.92 Å². The molecule has 0 aliphatic rings. The first-order chi connectivity index (χ1) is 11.2. The molecule has 1 aromatic carbocycles. The van der Waals surface area contributed by atoms with Crippen molar-refractivity contribution < 1.29 is 27.8 Å². The van der Waals surface area contributed by atoms with E-state index in [1.165, 1.54) is 24.3 Å². The summed E-state index contributed by atoms with van der Waals surface area (Å²) in [5.74, 6) is 0.332. The van der Waals surface area contributed by atoms with Gasteiger partial charge < -0.3 is 20.5 Å². The number of anilines is 1. The summed E-state index contributed by atoms with van der Waals surface area (Å²) in [4.78, 5) is 11.8. The van der Waals surface area contributed by atoms with Gasteiger partial charge in [0.25, 0.3) is 0 Å². The van der Waals surface area contributed by atoms with E-state index in [0.29, 0.717) is 12.5 Å². The fraction of sp³-hybridized carbons (Fsp3) is 0.562. The molecule has 2 amide bonds. The Morgan fingerprint density at radius 3 is 2.54 bits per heavy atom. The van der Waals surface area contributed by atoms with Crippen molar-refractivity contribution in [1.82, 2.24) is 5.32 Å². The Morgan fingerprint density at radius 1 is 1.25 bits per heavy atom. The number of hydrogen-bond acceptors (Lipinski definition) is 3. The fourth-order valence-corrected chi connectivity index (χ4v) is 1.89. The van der Waals surface area contributed by atoms with E-state index >= 15 is 0 Å². The predicted molar refractivity (Wildman–Crippen MR) is 84.9 cm³/mol. The van der Waals surface area contributed by atoms with Crippen molar-refractivity contribution in [3.8, 4) is 0 Å². The van der Waals surface area contributed by atoms with Crippen LogP contribution in [-0.2, 0) is 11.2 Å². The van der Waals surface area contributed by atoms with Crippen molar-refractivity contribution in [2.75, 3.05) is 25.1 Å². The number of carbonyl (C=O) groups excluding carboxylic acids is 1. The Hall–Kier alpha value is -1.80. The normalized spacial score (nSPS) is 13.0. The molecule has 1 rings (SSSR count). The molecule has 3 N–H and O–H groups in total.